The number of H-pyrrole nitrogens is 1. The van der Waals surface area contributed by atoms with Gasteiger partial charge in [-0.25, -0.2) is 0 Å². The quantitative estimate of drug-likeness (QED) is 0.365. The molecule has 0 atom stereocenters. The molecule has 1 amide bonds. The van der Waals surface area contributed by atoms with E-state index in [1.54, 1.807) is 24.3 Å². The Bertz CT molecular complexity index is 1230. The van der Waals surface area contributed by atoms with Crippen molar-refractivity contribution < 1.29 is 18.0 Å². The highest BCUT2D eigenvalue weighted by Crippen LogP contribution is 2.32. The van der Waals surface area contributed by atoms with E-state index in [1.807, 2.05) is 24.4 Å². The number of rotatable bonds is 5. The molecule has 0 spiro atoms. The van der Waals surface area contributed by atoms with Crippen molar-refractivity contribution >= 4 is 28.4 Å². The van der Waals surface area contributed by atoms with Crippen molar-refractivity contribution in [2.45, 2.75) is 12.6 Å². The zero-order valence-electron chi connectivity index (χ0n) is 16.3. The minimum atomic E-state index is -4.40. The van der Waals surface area contributed by atoms with Gasteiger partial charge in [-0.1, -0.05) is 41.9 Å². The van der Waals surface area contributed by atoms with Gasteiger partial charge in [-0.15, -0.1) is 0 Å². The van der Waals surface area contributed by atoms with E-state index in [9.17, 15) is 18.0 Å². The predicted octanol–water partition coefficient (Wildman–Crippen LogP) is 6.48. The van der Waals surface area contributed by atoms with Crippen molar-refractivity contribution in [3.05, 3.63) is 94.6 Å². The first kappa shape index (κ1) is 21.0. The minimum absolute atomic E-state index is 0.284. The van der Waals surface area contributed by atoms with Crippen LogP contribution >= 0.6 is 11.6 Å². The molecule has 1 heterocycles. The summed E-state index contributed by atoms with van der Waals surface area (Å²) in [5, 5.41) is 4.54. The number of fused-ring (bicyclic) bond motifs is 1. The molecule has 7 heteroatoms. The molecule has 158 valence electrons. The molecular formula is C24H18ClF3N2O. The topological polar surface area (TPSA) is 44.9 Å². The Morgan fingerprint density at radius 1 is 1.00 bits per heavy atom. The number of halogens is 4. The molecule has 4 rings (SSSR count). The SMILES string of the molecule is O=C(NCCc1c[nH]c2ccc(Cl)cc12)c1ccccc1-c1ccc(C(F)(F)F)cc1. The first-order valence-corrected chi connectivity index (χ1v) is 10.0. The van der Waals surface area contributed by atoms with Gasteiger partial charge in [-0.05, 0) is 59.5 Å². The molecule has 4 aromatic rings. The molecule has 1 aromatic heterocycles. The maximum absolute atomic E-state index is 12.8. The van der Waals surface area contributed by atoms with Crippen LogP contribution in [0, 0.1) is 0 Å². The van der Waals surface area contributed by atoms with Crippen molar-refractivity contribution in [1.29, 1.82) is 0 Å². The molecule has 0 aliphatic heterocycles. The monoisotopic (exact) mass is 442 g/mol. The van der Waals surface area contributed by atoms with Gasteiger partial charge in [-0.2, -0.15) is 13.2 Å². The maximum Gasteiger partial charge on any atom is 0.416 e. The number of hydrogen-bond donors (Lipinski definition) is 2. The van der Waals surface area contributed by atoms with Gasteiger partial charge in [0.05, 0.1) is 5.56 Å². The number of aromatic nitrogens is 1. The molecule has 0 aliphatic rings. The molecule has 2 N–H and O–H groups in total. The summed E-state index contributed by atoms with van der Waals surface area (Å²) in [6, 6.07) is 17.2. The summed E-state index contributed by atoms with van der Waals surface area (Å²) >= 11 is 6.08. The van der Waals surface area contributed by atoms with Crippen LogP contribution in [0.5, 0.6) is 0 Å². The lowest BCUT2D eigenvalue weighted by atomic mass is 9.98. The molecule has 3 nitrogen and oxygen atoms in total. The largest absolute Gasteiger partial charge is 0.416 e. The van der Waals surface area contributed by atoms with Crippen molar-refractivity contribution in [1.82, 2.24) is 10.3 Å². The Hall–Kier alpha value is -3.25. The van der Waals surface area contributed by atoms with Gasteiger partial charge in [0.2, 0.25) is 0 Å². The van der Waals surface area contributed by atoms with Crippen LogP contribution < -0.4 is 5.32 Å². The zero-order chi connectivity index (χ0) is 22.0. The molecule has 0 saturated heterocycles. The number of hydrogen-bond acceptors (Lipinski definition) is 1. The molecule has 0 aliphatic carbocycles. The van der Waals surface area contributed by atoms with E-state index in [-0.39, 0.29) is 5.91 Å². The molecule has 0 bridgehead atoms. The van der Waals surface area contributed by atoms with E-state index in [4.69, 9.17) is 11.6 Å². The molecule has 31 heavy (non-hydrogen) atoms. The Balaban J connectivity index is 1.48. The molecule has 0 saturated carbocycles. The highest BCUT2D eigenvalue weighted by atomic mass is 35.5. The van der Waals surface area contributed by atoms with Crippen LogP contribution in [0.4, 0.5) is 13.2 Å². The van der Waals surface area contributed by atoms with Crippen molar-refractivity contribution in [3.63, 3.8) is 0 Å². The van der Waals surface area contributed by atoms with Crippen LogP contribution in [0.3, 0.4) is 0 Å². The Morgan fingerprint density at radius 3 is 2.48 bits per heavy atom. The van der Waals surface area contributed by atoms with Crippen LogP contribution in [0.1, 0.15) is 21.5 Å². The molecule has 3 aromatic carbocycles. The Labute approximate surface area is 181 Å². The van der Waals surface area contributed by atoms with Gasteiger partial charge in [0.15, 0.2) is 0 Å². The van der Waals surface area contributed by atoms with Gasteiger partial charge >= 0.3 is 6.18 Å². The van der Waals surface area contributed by atoms with E-state index in [0.717, 1.165) is 28.6 Å². The van der Waals surface area contributed by atoms with Crippen LogP contribution in [0.15, 0.2) is 72.9 Å². The summed E-state index contributed by atoms with van der Waals surface area (Å²) in [4.78, 5) is 16.0. The number of nitrogens with one attached hydrogen (secondary N) is 2. The fourth-order valence-corrected chi connectivity index (χ4v) is 3.71. The maximum atomic E-state index is 12.8. The zero-order valence-corrected chi connectivity index (χ0v) is 17.0. The highest BCUT2D eigenvalue weighted by molar-refractivity contribution is 6.31. The summed E-state index contributed by atoms with van der Waals surface area (Å²) in [5.74, 6) is -0.284. The normalized spacial score (nSPS) is 11.6. The fraction of sp³-hybridized carbons (Fsp3) is 0.125. The second-order valence-electron chi connectivity index (χ2n) is 7.13. The summed E-state index contributed by atoms with van der Waals surface area (Å²) in [7, 11) is 0. The van der Waals surface area contributed by atoms with Crippen molar-refractivity contribution in [2.75, 3.05) is 6.54 Å². The van der Waals surface area contributed by atoms with E-state index in [1.165, 1.54) is 12.1 Å². The van der Waals surface area contributed by atoms with Gasteiger partial charge in [0.25, 0.3) is 5.91 Å². The third kappa shape index (κ3) is 4.59. The van der Waals surface area contributed by atoms with Gasteiger partial charge in [0.1, 0.15) is 0 Å². The number of benzene rings is 3. The molecule has 0 unspecified atom stereocenters. The van der Waals surface area contributed by atoms with Crippen LogP contribution in [-0.2, 0) is 12.6 Å². The summed E-state index contributed by atoms with van der Waals surface area (Å²) in [5.41, 5.74) is 2.81. The lowest BCUT2D eigenvalue weighted by molar-refractivity contribution is -0.137. The lowest BCUT2D eigenvalue weighted by Crippen LogP contribution is -2.26. The number of carbonyl (C=O) groups is 1. The van der Waals surface area contributed by atoms with Gasteiger partial charge in [0, 0.05) is 34.2 Å². The number of alkyl halides is 3. The first-order chi connectivity index (χ1) is 14.8. The third-order valence-corrected chi connectivity index (χ3v) is 5.34. The standard InChI is InChI=1S/C24H18ClF3N2O/c25-18-9-10-22-21(13-18)16(14-30-22)11-12-29-23(31)20-4-2-1-3-19(20)15-5-7-17(8-6-15)24(26,27)28/h1-10,13-14,30H,11-12H2,(H,29,31). The average molecular weight is 443 g/mol. The van der Waals surface area contributed by atoms with E-state index in [2.05, 4.69) is 10.3 Å². The lowest BCUT2D eigenvalue weighted by Gasteiger charge is -2.12. The Kier molecular flexibility index (Phi) is 5.74. The second-order valence-corrected chi connectivity index (χ2v) is 7.57. The van der Waals surface area contributed by atoms with E-state index in [0.29, 0.717) is 34.7 Å². The summed E-state index contributed by atoms with van der Waals surface area (Å²) in [6.45, 7) is 0.402. The van der Waals surface area contributed by atoms with Gasteiger partial charge < -0.3 is 10.3 Å². The predicted molar refractivity (Wildman–Crippen MR) is 116 cm³/mol. The van der Waals surface area contributed by atoms with Crippen LogP contribution in [0.2, 0.25) is 5.02 Å². The van der Waals surface area contributed by atoms with Gasteiger partial charge in [-0.3, -0.25) is 4.79 Å². The second kappa shape index (κ2) is 8.47. The van der Waals surface area contributed by atoms with Crippen LogP contribution in [-0.4, -0.2) is 17.4 Å². The summed E-state index contributed by atoms with van der Waals surface area (Å²) < 4.78 is 38.5. The highest BCUT2D eigenvalue weighted by Gasteiger charge is 2.30. The minimum Gasteiger partial charge on any atom is -0.361 e. The molecule has 0 fully saturated rings. The van der Waals surface area contributed by atoms with Crippen molar-refractivity contribution in [3.8, 4) is 11.1 Å². The third-order valence-electron chi connectivity index (χ3n) is 5.10. The first-order valence-electron chi connectivity index (χ1n) is 9.63. The molecular weight excluding hydrogens is 425 g/mol. The molecule has 0 radical (unpaired) electrons. The number of carbonyl (C=O) groups excluding carboxylic acids is 1. The van der Waals surface area contributed by atoms with Crippen molar-refractivity contribution in [2.24, 2.45) is 0 Å². The van der Waals surface area contributed by atoms with E-state index >= 15 is 0 Å². The number of aromatic amines is 1. The smallest absolute Gasteiger partial charge is 0.361 e. The van der Waals surface area contributed by atoms with Crippen LogP contribution in [0.25, 0.3) is 22.0 Å². The average Bonchev–Trinajstić information content (AvgIpc) is 3.15. The summed E-state index contributed by atoms with van der Waals surface area (Å²) in [6.07, 6.45) is -1.90. The number of amides is 1. The fourth-order valence-electron chi connectivity index (χ4n) is 3.54. The van der Waals surface area contributed by atoms with E-state index < -0.39 is 11.7 Å². The Morgan fingerprint density at radius 2 is 1.74 bits per heavy atom.